The van der Waals surface area contributed by atoms with Gasteiger partial charge in [0.2, 0.25) is 0 Å². The molecule has 180 valence electrons. The Morgan fingerprint density at radius 3 is 2.77 bits per heavy atom. The van der Waals surface area contributed by atoms with Gasteiger partial charge in [0.1, 0.15) is 17.2 Å². The summed E-state index contributed by atoms with van der Waals surface area (Å²) in [5, 5.41) is 5.88. The Hall–Kier alpha value is -3.11. The Labute approximate surface area is 209 Å². The van der Waals surface area contributed by atoms with E-state index in [9.17, 15) is 14.0 Å². The van der Waals surface area contributed by atoms with Crippen LogP contribution in [0.3, 0.4) is 0 Å². The number of imidazole rings is 1. The monoisotopic (exact) mass is 509 g/mol. The van der Waals surface area contributed by atoms with Gasteiger partial charge in [-0.2, -0.15) is 0 Å². The molecule has 0 radical (unpaired) electrons. The Bertz CT molecular complexity index is 1390. The minimum atomic E-state index is -0.307. The lowest BCUT2D eigenvalue weighted by Crippen LogP contribution is -2.49. The number of aromatic nitrogens is 3. The summed E-state index contributed by atoms with van der Waals surface area (Å²) in [6, 6.07) is 6.14. The van der Waals surface area contributed by atoms with Gasteiger partial charge in [0, 0.05) is 36.6 Å². The Balaban J connectivity index is 1.24. The van der Waals surface area contributed by atoms with Crippen LogP contribution in [0.5, 0.6) is 0 Å². The molecule has 0 bridgehead atoms. The van der Waals surface area contributed by atoms with Gasteiger partial charge in [0.05, 0.1) is 16.1 Å². The number of nitrogens with zero attached hydrogens (tertiary/aromatic N) is 4. The molecule has 0 spiro atoms. The van der Waals surface area contributed by atoms with Gasteiger partial charge in [-0.3, -0.25) is 14.0 Å². The first kappa shape index (κ1) is 22.4. The van der Waals surface area contributed by atoms with E-state index in [1.54, 1.807) is 34.1 Å². The fraction of sp³-hybridized carbons (Fsp3) is 0.360. The van der Waals surface area contributed by atoms with Crippen LogP contribution in [0.25, 0.3) is 15.4 Å². The second kappa shape index (κ2) is 9.16. The highest BCUT2D eigenvalue weighted by molar-refractivity contribution is 7.15. The molecule has 1 aliphatic heterocycles. The third-order valence-electron chi connectivity index (χ3n) is 6.64. The summed E-state index contributed by atoms with van der Waals surface area (Å²) in [7, 11) is 0. The lowest BCUT2D eigenvalue weighted by atomic mass is 10.0. The summed E-state index contributed by atoms with van der Waals surface area (Å²) >= 11 is 3.02. The number of amides is 2. The van der Waals surface area contributed by atoms with E-state index in [-0.39, 0.29) is 23.7 Å². The average Bonchev–Trinajstić information content (AvgIpc) is 3.27. The molecule has 1 saturated heterocycles. The number of hydrogen-bond acceptors (Lipinski definition) is 6. The molecule has 7 nitrogen and oxygen atoms in total. The Kier molecular flexibility index (Phi) is 5.85. The van der Waals surface area contributed by atoms with Crippen molar-refractivity contribution in [2.24, 2.45) is 0 Å². The number of hydrogen-bond donors (Lipinski definition) is 1. The van der Waals surface area contributed by atoms with Gasteiger partial charge in [-0.15, -0.1) is 22.7 Å². The van der Waals surface area contributed by atoms with Crippen LogP contribution < -0.4 is 5.32 Å². The van der Waals surface area contributed by atoms with Crippen LogP contribution in [0.4, 0.5) is 4.39 Å². The molecule has 1 atom stereocenters. The Morgan fingerprint density at radius 1 is 1.14 bits per heavy atom. The fourth-order valence-electron chi connectivity index (χ4n) is 4.60. The first-order valence-electron chi connectivity index (χ1n) is 11.8. The largest absolute Gasteiger partial charge is 0.349 e. The topological polar surface area (TPSA) is 79.6 Å². The quantitative estimate of drug-likeness (QED) is 0.398. The highest BCUT2D eigenvalue weighted by atomic mass is 32.1. The highest BCUT2D eigenvalue weighted by Crippen LogP contribution is 2.45. The van der Waals surface area contributed by atoms with Gasteiger partial charge in [-0.05, 0) is 49.8 Å². The van der Waals surface area contributed by atoms with Crippen LogP contribution >= 0.6 is 22.7 Å². The van der Waals surface area contributed by atoms with E-state index in [4.69, 9.17) is 4.98 Å². The van der Waals surface area contributed by atoms with Crippen molar-refractivity contribution in [1.82, 2.24) is 24.6 Å². The van der Waals surface area contributed by atoms with E-state index in [1.165, 1.54) is 23.5 Å². The molecule has 2 fully saturated rings. The van der Waals surface area contributed by atoms with Crippen LogP contribution in [0.1, 0.15) is 64.0 Å². The zero-order valence-corrected chi connectivity index (χ0v) is 20.6. The van der Waals surface area contributed by atoms with Crippen LogP contribution in [-0.2, 0) is 0 Å². The number of nitrogens with one attached hydrogen (secondary N) is 1. The SMILES string of the molecule is O=C(NC[C@@H]1CCCCN1C(=O)c1nc(C2CC2)sc1-c1ccc(F)cc1)c1cnc2sccn12. The maximum Gasteiger partial charge on any atom is 0.274 e. The minimum absolute atomic E-state index is 0.113. The predicted molar refractivity (Wildman–Crippen MR) is 134 cm³/mol. The number of likely N-dealkylation sites (tertiary alicyclic amines) is 1. The van der Waals surface area contributed by atoms with Crippen molar-refractivity contribution in [3.8, 4) is 10.4 Å². The summed E-state index contributed by atoms with van der Waals surface area (Å²) in [5.41, 5.74) is 1.74. The van der Waals surface area contributed by atoms with Gasteiger partial charge >= 0.3 is 0 Å². The number of carbonyl (C=O) groups is 2. The van der Waals surface area contributed by atoms with Crippen LogP contribution in [0, 0.1) is 5.82 Å². The summed E-state index contributed by atoms with van der Waals surface area (Å²) in [4.78, 5) is 39.1. The van der Waals surface area contributed by atoms with Gasteiger partial charge in [-0.25, -0.2) is 14.4 Å². The van der Waals surface area contributed by atoms with E-state index in [0.29, 0.717) is 30.4 Å². The summed E-state index contributed by atoms with van der Waals surface area (Å²) in [5.74, 6) is -0.207. The second-order valence-electron chi connectivity index (χ2n) is 9.07. The average molecular weight is 510 g/mol. The molecule has 10 heteroatoms. The standard InChI is InChI=1S/C25H24FN5O2S2/c26-17-8-6-15(7-9-17)21-20(29-23(35-21)16-4-5-16)24(33)30-10-2-1-3-18(30)13-27-22(32)19-14-28-25-31(19)11-12-34-25/h6-9,11-12,14,16,18H,1-5,10,13H2,(H,27,32)/t18-/m0/s1. The van der Waals surface area contributed by atoms with Crippen LogP contribution in [0.15, 0.2) is 42.0 Å². The smallest absolute Gasteiger partial charge is 0.274 e. The molecule has 6 rings (SSSR count). The van der Waals surface area contributed by atoms with Gasteiger partial charge < -0.3 is 10.2 Å². The molecule has 2 amide bonds. The number of rotatable bonds is 6. The lowest BCUT2D eigenvalue weighted by Gasteiger charge is -2.35. The number of halogens is 1. The van der Waals surface area contributed by atoms with Crippen LogP contribution in [-0.4, -0.2) is 50.2 Å². The molecular weight excluding hydrogens is 485 g/mol. The first-order valence-corrected chi connectivity index (χ1v) is 13.5. The molecule has 4 heterocycles. The van der Waals surface area contributed by atoms with E-state index in [1.807, 2.05) is 16.5 Å². The fourth-order valence-corrected chi connectivity index (χ4v) is 6.52. The van der Waals surface area contributed by atoms with Crippen molar-refractivity contribution in [2.45, 2.75) is 44.1 Å². The number of benzene rings is 1. The van der Waals surface area contributed by atoms with Crippen LogP contribution in [0.2, 0.25) is 0 Å². The summed E-state index contributed by atoms with van der Waals surface area (Å²) < 4.78 is 15.3. The molecule has 1 aromatic carbocycles. The molecule has 4 aromatic rings. The number of thiazole rings is 2. The van der Waals surface area contributed by atoms with Gasteiger partial charge in [-0.1, -0.05) is 12.1 Å². The van der Waals surface area contributed by atoms with Crippen molar-refractivity contribution in [1.29, 1.82) is 0 Å². The number of carbonyl (C=O) groups excluding carboxylic acids is 2. The van der Waals surface area contributed by atoms with Crippen molar-refractivity contribution < 1.29 is 14.0 Å². The molecule has 1 saturated carbocycles. The number of fused-ring (bicyclic) bond motifs is 1. The third-order valence-corrected chi connectivity index (χ3v) is 8.68. The molecule has 35 heavy (non-hydrogen) atoms. The van der Waals surface area contributed by atoms with Gasteiger partial charge in [0.25, 0.3) is 11.8 Å². The molecule has 1 aliphatic carbocycles. The number of piperidine rings is 1. The first-order chi connectivity index (χ1) is 17.1. The highest BCUT2D eigenvalue weighted by Gasteiger charge is 2.34. The summed E-state index contributed by atoms with van der Waals surface area (Å²) in [6.07, 6.45) is 8.32. The summed E-state index contributed by atoms with van der Waals surface area (Å²) in [6.45, 7) is 0.993. The van der Waals surface area contributed by atoms with E-state index < -0.39 is 0 Å². The van der Waals surface area contributed by atoms with Crippen molar-refractivity contribution in [3.63, 3.8) is 0 Å². The third kappa shape index (κ3) is 4.36. The molecule has 3 aromatic heterocycles. The van der Waals surface area contributed by atoms with Crippen molar-refractivity contribution in [3.05, 3.63) is 64.3 Å². The van der Waals surface area contributed by atoms with Gasteiger partial charge in [0.15, 0.2) is 4.96 Å². The second-order valence-corrected chi connectivity index (χ2v) is 11.0. The molecule has 2 aliphatic rings. The molecular formula is C25H24FN5O2S2. The zero-order chi connectivity index (χ0) is 23.9. The zero-order valence-electron chi connectivity index (χ0n) is 18.9. The van der Waals surface area contributed by atoms with E-state index >= 15 is 0 Å². The predicted octanol–water partition coefficient (Wildman–Crippen LogP) is 4.96. The minimum Gasteiger partial charge on any atom is -0.349 e. The maximum absolute atomic E-state index is 13.8. The van der Waals surface area contributed by atoms with E-state index in [0.717, 1.165) is 52.5 Å². The molecule has 0 unspecified atom stereocenters. The van der Waals surface area contributed by atoms with Crippen molar-refractivity contribution in [2.75, 3.05) is 13.1 Å². The lowest BCUT2D eigenvalue weighted by molar-refractivity contribution is 0.0597. The van der Waals surface area contributed by atoms with Crippen molar-refractivity contribution >= 4 is 39.4 Å². The van der Waals surface area contributed by atoms with E-state index in [2.05, 4.69) is 10.3 Å². The normalized spacial score (nSPS) is 18.2. The maximum atomic E-state index is 13.8. The Morgan fingerprint density at radius 2 is 1.97 bits per heavy atom. The molecule has 1 N–H and O–H groups in total.